The molecule has 0 radical (unpaired) electrons. The fraction of sp³-hybridized carbons (Fsp3) is 0.381. The number of phenols is 1. The molecule has 0 aromatic heterocycles. The molecular weight excluding hydrogens is 396 g/mol. The van der Waals surface area contributed by atoms with Crippen molar-refractivity contribution in [2.75, 3.05) is 14.2 Å². The lowest BCUT2D eigenvalue weighted by Crippen LogP contribution is -2.02. The van der Waals surface area contributed by atoms with E-state index in [-0.39, 0.29) is 11.5 Å². The van der Waals surface area contributed by atoms with Gasteiger partial charge in [0.1, 0.15) is 11.5 Å². The van der Waals surface area contributed by atoms with Gasteiger partial charge in [-0.3, -0.25) is 4.79 Å². The van der Waals surface area contributed by atoms with E-state index in [4.69, 9.17) is 9.47 Å². The molecule has 26 heavy (non-hydrogen) atoms. The van der Waals surface area contributed by atoms with Gasteiger partial charge >= 0.3 is 0 Å². The number of hydrogen-bond donors (Lipinski definition) is 1. The predicted octanol–water partition coefficient (Wildman–Crippen LogP) is 5.09. The molecule has 0 saturated heterocycles. The Balaban J connectivity index is 1.73. The van der Waals surface area contributed by atoms with Crippen LogP contribution in [0.4, 0.5) is 0 Å². The van der Waals surface area contributed by atoms with Gasteiger partial charge in [-0.15, -0.1) is 0 Å². The first-order chi connectivity index (χ1) is 12.5. The summed E-state index contributed by atoms with van der Waals surface area (Å²) < 4.78 is 11.5. The highest BCUT2D eigenvalue weighted by atomic mass is 79.9. The number of halogens is 1. The summed E-state index contributed by atoms with van der Waals surface area (Å²) in [5.74, 6) is 1.73. The number of carbonyl (C=O) groups excluding carboxylic acids is 1. The Morgan fingerprint density at radius 2 is 1.73 bits per heavy atom. The molecule has 0 aliphatic carbocycles. The number of carbonyl (C=O) groups is 1. The Hall–Kier alpha value is -2.01. The van der Waals surface area contributed by atoms with Gasteiger partial charge in [-0.25, -0.2) is 0 Å². The van der Waals surface area contributed by atoms with E-state index in [1.54, 1.807) is 13.2 Å². The maximum atomic E-state index is 12.2. The van der Waals surface area contributed by atoms with Crippen molar-refractivity contribution in [1.82, 2.24) is 0 Å². The monoisotopic (exact) mass is 420 g/mol. The minimum absolute atomic E-state index is 0.148. The third-order valence-corrected chi connectivity index (χ3v) is 4.82. The second-order valence-electron chi connectivity index (χ2n) is 6.21. The molecule has 0 atom stereocenters. The predicted molar refractivity (Wildman–Crippen MR) is 106 cm³/mol. The van der Waals surface area contributed by atoms with Crippen LogP contribution in [0, 0.1) is 0 Å². The lowest BCUT2D eigenvalue weighted by molar-refractivity contribution is -0.119. The second-order valence-corrected chi connectivity index (χ2v) is 7.12. The lowest BCUT2D eigenvalue weighted by atomic mass is 10.0. The van der Waals surface area contributed by atoms with E-state index in [9.17, 15) is 9.90 Å². The molecule has 2 rings (SSSR count). The standard InChI is InChI=1S/C21H25BrO4/c1-25-20-12-9-17(22)14-16(20)8-10-18(23)6-4-3-5-15-7-11-19(24)21(13-15)26-2/h7,9,11-14,24H,3-6,8,10H2,1-2H3. The molecule has 2 aromatic carbocycles. The van der Waals surface area contributed by atoms with Gasteiger partial charge in [0.25, 0.3) is 0 Å². The number of benzene rings is 2. The Bertz CT molecular complexity index is 743. The number of phenolic OH excluding ortho intramolecular Hbond substituents is 1. The number of unbranched alkanes of at least 4 members (excludes halogenated alkanes) is 1. The number of methoxy groups -OCH3 is 2. The number of rotatable bonds is 10. The van der Waals surface area contributed by atoms with Crippen LogP contribution in [0.1, 0.15) is 36.8 Å². The molecule has 1 N–H and O–H groups in total. The number of ether oxygens (including phenoxy) is 2. The molecular formula is C21H25BrO4. The summed E-state index contributed by atoms with van der Waals surface area (Å²) in [5.41, 5.74) is 2.15. The molecule has 4 nitrogen and oxygen atoms in total. The SMILES string of the molecule is COc1cc(CCCCC(=O)CCc2cc(Br)ccc2OC)ccc1O. The molecule has 0 spiro atoms. The zero-order chi connectivity index (χ0) is 18.9. The first kappa shape index (κ1) is 20.3. The normalized spacial score (nSPS) is 10.6. The molecule has 2 aromatic rings. The average molecular weight is 421 g/mol. The maximum Gasteiger partial charge on any atom is 0.160 e. The van der Waals surface area contributed by atoms with Crippen LogP contribution < -0.4 is 9.47 Å². The van der Waals surface area contributed by atoms with Crippen LogP contribution in [0.25, 0.3) is 0 Å². The number of aryl methyl sites for hydroxylation is 2. The molecule has 0 unspecified atom stereocenters. The summed E-state index contributed by atoms with van der Waals surface area (Å²) in [4.78, 5) is 12.2. The third-order valence-electron chi connectivity index (χ3n) is 4.33. The topological polar surface area (TPSA) is 55.8 Å². The van der Waals surface area contributed by atoms with Crippen LogP contribution >= 0.6 is 15.9 Å². The smallest absolute Gasteiger partial charge is 0.160 e. The fourth-order valence-corrected chi connectivity index (χ4v) is 3.28. The molecule has 0 saturated carbocycles. The molecule has 0 fully saturated rings. The largest absolute Gasteiger partial charge is 0.504 e. The molecule has 0 aliphatic rings. The third kappa shape index (κ3) is 6.06. The Morgan fingerprint density at radius 1 is 0.962 bits per heavy atom. The van der Waals surface area contributed by atoms with Gasteiger partial charge in [0.15, 0.2) is 11.5 Å². The van der Waals surface area contributed by atoms with E-state index in [2.05, 4.69) is 15.9 Å². The number of ketones is 1. The van der Waals surface area contributed by atoms with Gasteiger partial charge < -0.3 is 14.6 Å². The highest BCUT2D eigenvalue weighted by Crippen LogP contribution is 2.27. The fourth-order valence-electron chi connectivity index (χ4n) is 2.87. The highest BCUT2D eigenvalue weighted by Gasteiger charge is 2.08. The Kier molecular flexibility index (Phi) is 7.98. The summed E-state index contributed by atoms with van der Waals surface area (Å²) in [7, 11) is 3.19. The van der Waals surface area contributed by atoms with Gasteiger partial charge in [-0.2, -0.15) is 0 Å². The van der Waals surface area contributed by atoms with Crippen molar-refractivity contribution < 1.29 is 19.4 Å². The summed E-state index contributed by atoms with van der Waals surface area (Å²) in [5, 5.41) is 9.61. The minimum atomic E-state index is 0.148. The van der Waals surface area contributed by atoms with Gasteiger partial charge in [-0.1, -0.05) is 22.0 Å². The van der Waals surface area contributed by atoms with Crippen molar-refractivity contribution in [2.24, 2.45) is 0 Å². The maximum absolute atomic E-state index is 12.2. The number of Topliss-reactive ketones (excluding diaryl/α,β-unsaturated/α-hetero) is 1. The van der Waals surface area contributed by atoms with Crippen molar-refractivity contribution in [3.05, 3.63) is 52.0 Å². The van der Waals surface area contributed by atoms with Gasteiger partial charge in [-0.05, 0) is 67.1 Å². The van der Waals surface area contributed by atoms with E-state index in [1.165, 1.54) is 7.11 Å². The van der Waals surface area contributed by atoms with Gasteiger partial charge in [0, 0.05) is 17.3 Å². The average Bonchev–Trinajstić information content (AvgIpc) is 2.64. The van der Waals surface area contributed by atoms with Crippen LogP contribution in [0.2, 0.25) is 0 Å². The molecule has 0 aliphatic heterocycles. The Morgan fingerprint density at radius 3 is 2.46 bits per heavy atom. The van der Waals surface area contributed by atoms with Crippen LogP contribution in [0.5, 0.6) is 17.2 Å². The zero-order valence-electron chi connectivity index (χ0n) is 15.3. The minimum Gasteiger partial charge on any atom is -0.504 e. The van der Waals surface area contributed by atoms with E-state index in [0.717, 1.165) is 40.6 Å². The van der Waals surface area contributed by atoms with Crippen LogP contribution in [-0.2, 0) is 17.6 Å². The molecule has 0 bridgehead atoms. The lowest BCUT2D eigenvalue weighted by Gasteiger charge is -2.09. The van der Waals surface area contributed by atoms with E-state index in [1.807, 2.05) is 30.3 Å². The molecule has 0 heterocycles. The highest BCUT2D eigenvalue weighted by molar-refractivity contribution is 9.10. The van der Waals surface area contributed by atoms with Crippen LogP contribution in [-0.4, -0.2) is 25.1 Å². The summed E-state index contributed by atoms with van der Waals surface area (Å²) in [6.07, 6.45) is 4.46. The number of aromatic hydroxyl groups is 1. The van der Waals surface area contributed by atoms with Crippen molar-refractivity contribution in [2.45, 2.75) is 38.5 Å². The number of hydrogen-bond acceptors (Lipinski definition) is 4. The summed E-state index contributed by atoms with van der Waals surface area (Å²) in [6.45, 7) is 0. The van der Waals surface area contributed by atoms with Crippen molar-refractivity contribution in [3.8, 4) is 17.2 Å². The van der Waals surface area contributed by atoms with Gasteiger partial charge in [0.05, 0.1) is 14.2 Å². The van der Waals surface area contributed by atoms with Crippen molar-refractivity contribution in [1.29, 1.82) is 0 Å². The van der Waals surface area contributed by atoms with Crippen LogP contribution in [0.15, 0.2) is 40.9 Å². The van der Waals surface area contributed by atoms with E-state index >= 15 is 0 Å². The summed E-state index contributed by atoms with van der Waals surface area (Å²) >= 11 is 3.46. The first-order valence-electron chi connectivity index (χ1n) is 8.73. The molecule has 140 valence electrons. The van der Waals surface area contributed by atoms with Gasteiger partial charge in [0.2, 0.25) is 0 Å². The first-order valence-corrected chi connectivity index (χ1v) is 9.52. The van der Waals surface area contributed by atoms with E-state index < -0.39 is 0 Å². The summed E-state index contributed by atoms with van der Waals surface area (Å²) in [6, 6.07) is 11.2. The Labute approximate surface area is 163 Å². The van der Waals surface area contributed by atoms with Crippen molar-refractivity contribution >= 4 is 21.7 Å². The van der Waals surface area contributed by atoms with Crippen LogP contribution in [0.3, 0.4) is 0 Å². The zero-order valence-corrected chi connectivity index (χ0v) is 16.8. The van der Waals surface area contributed by atoms with Crippen molar-refractivity contribution in [3.63, 3.8) is 0 Å². The molecule has 0 amide bonds. The molecule has 5 heteroatoms. The van der Waals surface area contributed by atoms with E-state index in [0.29, 0.717) is 25.0 Å². The quantitative estimate of drug-likeness (QED) is 0.544. The second kappa shape index (κ2) is 10.2.